The Balaban J connectivity index is 1.54. The molecule has 1 aliphatic heterocycles. The predicted octanol–water partition coefficient (Wildman–Crippen LogP) is 3.84. The Labute approximate surface area is 190 Å². The Hall–Kier alpha value is -3.87. The maximum absolute atomic E-state index is 13.2. The molecule has 168 valence electrons. The molecule has 7 heteroatoms. The Morgan fingerprint density at radius 1 is 0.939 bits per heavy atom. The minimum absolute atomic E-state index is 0.0133. The van der Waals surface area contributed by atoms with Gasteiger partial charge in [-0.15, -0.1) is 0 Å². The maximum Gasteiger partial charge on any atom is 0.327 e. The molecule has 2 aliphatic rings. The molecule has 3 aromatic rings. The molecular weight excluding hydrogens is 418 g/mol. The van der Waals surface area contributed by atoms with Gasteiger partial charge in [0.1, 0.15) is 18.2 Å². The van der Waals surface area contributed by atoms with E-state index in [0.717, 1.165) is 16.8 Å². The van der Waals surface area contributed by atoms with Crippen LogP contribution in [0.3, 0.4) is 0 Å². The van der Waals surface area contributed by atoms with Gasteiger partial charge in [0.15, 0.2) is 5.78 Å². The van der Waals surface area contributed by atoms with Gasteiger partial charge in [-0.1, -0.05) is 56.3 Å². The van der Waals surface area contributed by atoms with Gasteiger partial charge in [0, 0.05) is 23.6 Å². The second kappa shape index (κ2) is 7.92. The molecule has 3 N–H and O–H groups in total. The van der Waals surface area contributed by atoms with Crippen LogP contribution in [-0.2, 0) is 11.4 Å². The first-order valence-corrected chi connectivity index (χ1v) is 11.0. The summed E-state index contributed by atoms with van der Waals surface area (Å²) < 4.78 is 5.89. The number of carbonyl (C=O) groups is 1. The van der Waals surface area contributed by atoms with Crippen molar-refractivity contribution in [3.05, 3.63) is 103 Å². The second-order valence-electron chi connectivity index (χ2n) is 9.43. The van der Waals surface area contributed by atoms with E-state index in [4.69, 9.17) is 4.74 Å². The van der Waals surface area contributed by atoms with E-state index in [2.05, 4.69) is 15.3 Å². The molecule has 5 rings (SSSR count). The summed E-state index contributed by atoms with van der Waals surface area (Å²) in [7, 11) is 0. The van der Waals surface area contributed by atoms with Gasteiger partial charge in [-0.2, -0.15) is 0 Å². The first-order valence-electron chi connectivity index (χ1n) is 11.0. The van der Waals surface area contributed by atoms with E-state index in [1.165, 1.54) is 0 Å². The van der Waals surface area contributed by atoms with Crippen LogP contribution >= 0.6 is 0 Å². The minimum Gasteiger partial charge on any atom is -0.489 e. The number of benzene rings is 2. The fourth-order valence-electron chi connectivity index (χ4n) is 4.78. The zero-order valence-corrected chi connectivity index (χ0v) is 18.5. The molecule has 2 aromatic carbocycles. The average molecular weight is 444 g/mol. The number of aromatic amines is 2. The number of aromatic nitrogens is 2. The van der Waals surface area contributed by atoms with Crippen molar-refractivity contribution < 1.29 is 9.53 Å². The number of hydrogen-bond acceptors (Lipinski definition) is 5. The van der Waals surface area contributed by atoms with E-state index in [-0.39, 0.29) is 11.2 Å². The summed E-state index contributed by atoms with van der Waals surface area (Å²) in [5.41, 5.74) is 2.27. The number of hydrogen-bond donors (Lipinski definition) is 3. The highest BCUT2D eigenvalue weighted by molar-refractivity contribution is 6.01. The molecule has 33 heavy (non-hydrogen) atoms. The molecule has 0 saturated heterocycles. The number of H-pyrrole nitrogens is 2. The van der Waals surface area contributed by atoms with E-state index in [1.54, 1.807) is 0 Å². The van der Waals surface area contributed by atoms with Crippen LogP contribution in [-0.4, -0.2) is 15.8 Å². The monoisotopic (exact) mass is 443 g/mol. The van der Waals surface area contributed by atoms with Crippen LogP contribution in [0.5, 0.6) is 5.75 Å². The van der Waals surface area contributed by atoms with Gasteiger partial charge < -0.3 is 10.1 Å². The highest BCUT2D eigenvalue weighted by Crippen LogP contribution is 2.47. The van der Waals surface area contributed by atoms with E-state index in [1.807, 2.05) is 68.4 Å². The first-order chi connectivity index (χ1) is 15.8. The lowest BCUT2D eigenvalue weighted by atomic mass is 9.69. The molecule has 0 fully saturated rings. The summed E-state index contributed by atoms with van der Waals surface area (Å²) in [5.74, 6) is 0.489. The number of allylic oxidation sites excluding steroid dienone is 2. The lowest BCUT2D eigenvalue weighted by molar-refractivity contribution is -0.118. The van der Waals surface area contributed by atoms with Crippen molar-refractivity contribution >= 4 is 11.6 Å². The van der Waals surface area contributed by atoms with Crippen molar-refractivity contribution in [3.8, 4) is 5.75 Å². The van der Waals surface area contributed by atoms with Crippen molar-refractivity contribution in [1.29, 1.82) is 0 Å². The normalized spacial score (nSPS) is 18.8. The van der Waals surface area contributed by atoms with Gasteiger partial charge in [0.2, 0.25) is 0 Å². The Kier molecular flexibility index (Phi) is 5.04. The number of ether oxygens (including phenoxy) is 1. The SMILES string of the molecule is CC1(C)CC(=O)C2=C(C1)Nc1[nH]c(=O)[nH]c(=O)c1C2c1ccc(OCc2ccccc2)cc1. The molecule has 1 aliphatic carbocycles. The Bertz CT molecular complexity index is 1370. The molecular formula is C26H25N3O4. The van der Waals surface area contributed by atoms with Crippen LogP contribution in [0.15, 0.2) is 75.5 Å². The highest BCUT2D eigenvalue weighted by Gasteiger charge is 2.42. The zero-order valence-electron chi connectivity index (χ0n) is 18.5. The van der Waals surface area contributed by atoms with Crippen LogP contribution in [0.25, 0.3) is 0 Å². The van der Waals surface area contributed by atoms with Crippen molar-refractivity contribution in [2.75, 3.05) is 5.32 Å². The van der Waals surface area contributed by atoms with Crippen molar-refractivity contribution in [2.45, 2.75) is 39.2 Å². The standard InChI is InChI=1S/C26H25N3O4/c1-26(2)12-18-21(19(30)13-26)20(22-23(27-18)28-25(32)29-24(22)31)16-8-10-17(11-9-16)33-14-15-6-4-3-5-7-15/h3-11,20H,12-14H2,1-2H3,(H3,27,28,29,31,32). The van der Waals surface area contributed by atoms with E-state index in [9.17, 15) is 14.4 Å². The molecule has 0 amide bonds. The van der Waals surface area contributed by atoms with Crippen LogP contribution < -0.4 is 21.3 Å². The van der Waals surface area contributed by atoms with Crippen LogP contribution in [0.1, 0.15) is 49.3 Å². The lowest BCUT2D eigenvalue weighted by Crippen LogP contribution is -2.38. The number of fused-ring (bicyclic) bond motifs is 1. The minimum atomic E-state index is -0.583. The Morgan fingerprint density at radius 2 is 1.67 bits per heavy atom. The summed E-state index contributed by atoms with van der Waals surface area (Å²) >= 11 is 0. The van der Waals surface area contributed by atoms with E-state index >= 15 is 0 Å². The van der Waals surface area contributed by atoms with Gasteiger partial charge in [0.25, 0.3) is 5.56 Å². The third-order valence-corrected chi connectivity index (χ3v) is 6.21. The quantitative estimate of drug-likeness (QED) is 0.568. The van der Waals surface area contributed by atoms with E-state index < -0.39 is 17.2 Å². The number of rotatable bonds is 4. The molecule has 0 bridgehead atoms. The lowest BCUT2D eigenvalue weighted by Gasteiger charge is -2.38. The molecule has 1 atom stereocenters. The maximum atomic E-state index is 13.2. The zero-order chi connectivity index (χ0) is 23.2. The third kappa shape index (κ3) is 4.02. The van der Waals surface area contributed by atoms with Gasteiger partial charge in [-0.3, -0.25) is 19.6 Å². The van der Waals surface area contributed by atoms with E-state index in [0.29, 0.717) is 42.2 Å². The fourth-order valence-corrected chi connectivity index (χ4v) is 4.78. The summed E-state index contributed by atoms with van der Waals surface area (Å²) in [6.07, 6.45) is 1.05. The van der Waals surface area contributed by atoms with Crippen LogP contribution in [0.4, 0.5) is 5.82 Å². The number of anilines is 1. The summed E-state index contributed by atoms with van der Waals surface area (Å²) in [4.78, 5) is 43.0. The fraction of sp³-hybridized carbons (Fsp3) is 0.269. The van der Waals surface area contributed by atoms with Crippen molar-refractivity contribution in [1.82, 2.24) is 9.97 Å². The van der Waals surface area contributed by atoms with Gasteiger partial charge in [-0.05, 0) is 35.1 Å². The molecule has 7 nitrogen and oxygen atoms in total. The summed E-state index contributed by atoms with van der Waals surface area (Å²) in [6.45, 7) is 4.53. The molecule has 1 unspecified atom stereocenters. The Morgan fingerprint density at radius 3 is 2.39 bits per heavy atom. The van der Waals surface area contributed by atoms with Crippen LogP contribution in [0, 0.1) is 5.41 Å². The van der Waals surface area contributed by atoms with Crippen molar-refractivity contribution in [3.63, 3.8) is 0 Å². The smallest absolute Gasteiger partial charge is 0.327 e. The third-order valence-electron chi connectivity index (χ3n) is 6.21. The number of ketones is 1. The molecule has 0 spiro atoms. The molecule has 2 heterocycles. The van der Waals surface area contributed by atoms with Crippen LogP contribution in [0.2, 0.25) is 0 Å². The largest absolute Gasteiger partial charge is 0.489 e. The first kappa shape index (κ1) is 21.0. The predicted molar refractivity (Wildman–Crippen MR) is 125 cm³/mol. The molecule has 1 aromatic heterocycles. The van der Waals surface area contributed by atoms with Crippen molar-refractivity contribution in [2.24, 2.45) is 5.41 Å². The summed E-state index contributed by atoms with van der Waals surface area (Å²) in [6, 6.07) is 17.3. The molecule has 0 saturated carbocycles. The highest BCUT2D eigenvalue weighted by atomic mass is 16.5. The topological polar surface area (TPSA) is 104 Å². The number of carbonyl (C=O) groups excluding carboxylic acids is 1. The average Bonchev–Trinajstić information content (AvgIpc) is 2.76. The second-order valence-corrected chi connectivity index (χ2v) is 9.43. The number of Topliss-reactive ketones (excluding diaryl/α,β-unsaturated/α-hetero) is 1. The molecule has 0 radical (unpaired) electrons. The van der Waals surface area contributed by atoms with Gasteiger partial charge in [-0.25, -0.2) is 4.79 Å². The van der Waals surface area contributed by atoms with Gasteiger partial charge in [0.05, 0.1) is 5.56 Å². The number of nitrogens with one attached hydrogen (secondary N) is 3. The summed E-state index contributed by atoms with van der Waals surface area (Å²) in [5, 5.41) is 3.17. The van der Waals surface area contributed by atoms with Gasteiger partial charge >= 0.3 is 5.69 Å².